The van der Waals surface area contributed by atoms with Gasteiger partial charge in [0.15, 0.2) is 0 Å². The third kappa shape index (κ3) is 5.45. The molecule has 0 unspecified atom stereocenters. The van der Waals surface area contributed by atoms with Gasteiger partial charge in [0.2, 0.25) is 17.6 Å². The summed E-state index contributed by atoms with van der Waals surface area (Å²) in [5, 5.41) is 6.51. The molecule has 0 aliphatic heterocycles. The Balaban J connectivity index is 1.73. The fraction of sp³-hybridized carbons (Fsp3) is 0.375. The van der Waals surface area contributed by atoms with Crippen LogP contribution in [-0.4, -0.2) is 35.7 Å². The second kappa shape index (κ2) is 8.76. The number of carbonyl (C=O) groups is 2. The average Bonchev–Trinajstić information content (AvgIpc) is 3.06. The maximum Gasteiger partial charge on any atom is 0.305 e. The number of halogens is 1. The summed E-state index contributed by atoms with van der Waals surface area (Å²) in [5.74, 6) is -0.126. The zero-order valence-corrected chi connectivity index (χ0v) is 13.3. The summed E-state index contributed by atoms with van der Waals surface area (Å²) in [6.45, 7) is 0.401. The molecular formula is C16H18FN3O4. The first-order chi connectivity index (χ1) is 11.6. The number of hydrogen-bond donors (Lipinski definition) is 1. The number of nitrogens with zero attached hydrogens (tertiary/aromatic N) is 2. The van der Waals surface area contributed by atoms with Crippen LogP contribution >= 0.6 is 0 Å². The van der Waals surface area contributed by atoms with Gasteiger partial charge in [-0.2, -0.15) is 4.98 Å². The van der Waals surface area contributed by atoms with Crippen LogP contribution in [0.1, 0.15) is 25.2 Å². The highest BCUT2D eigenvalue weighted by molar-refractivity contribution is 5.76. The molecule has 1 aromatic heterocycles. The number of esters is 1. The molecule has 0 saturated heterocycles. The van der Waals surface area contributed by atoms with Crippen molar-refractivity contribution >= 4 is 11.9 Å². The number of carbonyl (C=O) groups excluding carboxylic acids is 2. The molecule has 0 aliphatic carbocycles. The third-order valence-electron chi connectivity index (χ3n) is 3.24. The van der Waals surface area contributed by atoms with Crippen molar-refractivity contribution in [1.82, 2.24) is 15.5 Å². The van der Waals surface area contributed by atoms with E-state index in [0.717, 1.165) is 0 Å². The van der Waals surface area contributed by atoms with E-state index in [1.54, 1.807) is 12.1 Å². The van der Waals surface area contributed by atoms with Gasteiger partial charge in [-0.25, -0.2) is 4.39 Å². The van der Waals surface area contributed by atoms with Gasteiger partial charge in [0, 0.05) is 31.4 Å². The van der Waals surface area contributed by atoms with Gasteiger partial charge in [-0.3, -0.25) is 9.59 Å². The Labute approximate surface area is 138 Å². The van der Waals surface area contributed by atoms with Gasteiger partial charge >= 0.3 is 5.97 Å². The minimum Gasteiger partial charge on any atom is -0.469 e. The number of aryl methyl sites for hydroxylation is 1. The summed E-state index contributed by atoms with van der Waals surface area (Å²) in [5.41, 5.74) is 0.638. The summed E-state index contributed by atoms with van der Waals surface area (Å²) in [7, 11) is 1.32. The van der Waals surface area contributed by atoms with Crippen LogP contribution in [-0.2, 0) is 20.7 Å². The van der Waals surface area contributed by atoms with Crippen LogP contribution in [0, 0.1) is 5.82 Å². The first-order valence-corrected chi connectivity index (χ1v) is 7.50. The summed E-state index contributed by atoms with van der Waals surface area (Å²) in [6, 6.07) is 5.73. The Morgan fingerprint density at radius 1 is 1.25 bits per heavy atom. The van der Waals surface area contributed by atoms with Crippen molar-refractivity contribution in [3.63, 3.8) is 0 Å². The maximum absolute atomic E-state index is 12.9. The largest absolute Gasteiger partial charge is 0.469 e. The smallest absolute Gasteiger partial charge is 0.305 e. The van der Waals surface area contributed by atoms with Crippen molar-refractivity contribution in [2.75, 3.05) is 13.7 Å². The Morgan fingerprint density at radius 3 is 2.71 bits per heavy atom. The fourth-order valence-corrected chi connectivity index (χ4v) is 1.94. The highest BCUT2D eigenvalue weighted by Crippen LogP contribution is 2.16. The number of rotatable bonds is 8. The van der Waals surface area contributed by atoms with Gasteiger partial charge in [0.05, 0.1) is 7.11 Å². The van der Waals surface area contributed by atoms with Crippen LogP contribution in [0.2, 0.25) is 0 Å². The molecule has 0 spiro atoms. The molecule has 128 valence electrons. The van der Waals surface area contributed by atoms with E-state index in [4.69, 9.17) is 4.52 Å². The first-order valence-electron chi connectivity index (χ1n) is 7.50. The first kappa shape index (κ1) is 17.6. The molecular weight excluding hydrogens is 317 g/mol. The maximum atomic E-state index is 12.9. The number of methoxy groups -OCH3 is 1. The molecule has 0 radical (unpaired) electrons. The average molecular weight is 335 g/mol. The molecule has 1 N–H and O–H groups in total. The predicted molar refractivity (Wildman–Crippen MR) is 82.3 cm³/mol. The van der Waals surface area contributed by atoms with Crippen molar-refractivity contribution in [2.24, 2.45) is 0 Å². The van der Waals surface area contributed by atoms with E-state index < -0.39 is 0 Å². The van der Waals surface area contributed by atoms with Gasteiger partial charge in [-0.05, 0) is 30.7 Å². The minimum absolute atomic E-state index is 0.165. The molecule has 0 aliphatic rings. The number of ether oxygens (including phenoxy) is 1. The molecule has 0 bridgehead atoms. The number of amides is 1. The monoisotopic (exact) mass is 335 g/mol. The Hall–Kier alpha value is -2.77. The standard InChI is InChI=1S/C16H18FN3O4/c1-23-15(22)3-2-10-18-13(21)8-9-14-19-16(20-24-14)11-4-6-12(17)7-5-11/h4-7H,2-3,8-10H2,1H3,(H,18,21). The lowest BCUT2D eigenvalue weighted by atomic mass is 10.2. The van der Waals surface area contributed by atoms with Crippen molar-refractivity contribution in [3.8, 4) is 11.4 Å². The van der Waals surface area contributed by atoms with Crippen LogP contribution in [0.5, 0.6) is 0 Å². The topological polar surface area (TPSA) is 94.3 Å². The zero-order chi connectivity index (χ0) is 17.4. The normalized spacial score (nSPS) is 10.4. The number of hydrogen-bond acceptors (Lipinski definition) is 6. The van der Waals surface area contributed by atoms with E-state index in [0.29, 0.717) is 36.7 Å². The third-order valence-corrected chi connectivity index (χ3v) is 3.24. The molecule has 7 nitrogen and oxygen atoms in total. The molecule has 8 heteroatoms. The number of benzene rings is 1. The Bertz CT molecular complexity index is 685. The number of nitrogens with one attached hydrogen (secondary N) is 1. The van der Waals surface area contributed by atoms with Crippen LogP contribution in [0.25, 0.3) is 11.4 Å². The Morgan fingerprint density at radius 2 is 2.00 bits per heavy atom. The van der Waals surface area contributed by atoms with Gasteiger partial charge in [0.1, 0.15) is 5.82 Å². The van der Waals surface area contributed by atoms with Crippen molar-refractivity contribution < 1.29 is 23.2 Å². The van der Waals surface area contributed by atoms with E-state index in [-0.39, 0.29) is 30.5 Å². The quantitative estimate of drug-likeness (QED) is 0.585. The molecule has 1 amide bonds. The zero-order valence-electron chi connectivity index (χ0n) is 13.3. The molecule has 0 atom stereocenters. The molecule has 1 aromatic carbocycles. The van der Waals surface area contributed by atoms with Crippen LogP contribution < -0.4 is 5.32 Å². The van der Waals surface area contributed by atoms with Crippen LogP contribution in [0.4, 0.5) is 4.39 Å². The summed E-state index contributed by atoms with van der Waals surface area (Å²) >= 11 is 0. The summed E-state index contributed by atoms with van der Waals surface area (Å²) < 4.78 is 22.5. The van der Waals surface area contributed by atoms with E-state index >= 15 is 0 Å². The van der Waals surface area contributed by atoms with Crippen LogP contribution in [0.15, 0.2) is 28.8 Å². The fourth-order valence-electron chi connectivity index (χ4n) is 1.94. The van der Waals surface area contributed by atoms with Crippen molar-refractivity contribution in [3.05, 3.63) is 36.0 Å². The lowest BCUT2D eigenvalue weighted by Gasteiger charge is -2.03. The van der Waals surface area contributed by atoms with E-state index in [9.17, 15) is 14.0 Å². The SMILES string of the molecule is COC(=O)CCCNC(=O)CCc1nc(-c2ccc(F)cc2)no1. The van der Waals surface area contributed by atoms with E-state index in [1.165, 1.54) is 19.2 Å². The van der Waals surface area contributed by atoms with E-state index in [1.807, 2.05) is 0 Å². The lowest BCUT2D eigenvalue weighted by Crippen LogP contribution is -2.25. The Kier molecular flexibility index (Phi) is 6.41. The highest BCUT2D eigenvalue weighted by Gasteiger charge is 2.11. The molecule has 0 fully saturated rings. The summed E-state index contributed by atoms with van der Waals surface area (Å²) in [6.07, 6.45) is 1.29. The molecule has 1 heterocycles. The van der Waals surface area contributed by atoms with Crippen molar-refractivity contribution in [2.45, 2.75) is 25.7 Å². The van der Waals surface area contributed by atoms with E-state index in [2.05, 4.69) is 20.2 Å². The van der Waals surface area contributed by atoms with Gasteiger partial charge in [0.25, 0.3) is 0 Å². The molecule has 24 heavy (non-hydrogen) atoms. The van der Waals surface area contributed by atoms with Gasteiger partial charge in [-0.15, -0.1) is 0 Å². The number of aromatic nitrogens is 2. The molecule has 0 saturated carbocycles. The second-order valence-corrected chi connectivity index (χ2v) is 5.05. The molecule has 2 aromatic rings. The van der Waals surface area contributed by atoms with Crippen LogP contribution in [0.3, 0.4) is 0 Å². The minimum atomic E-state index is -0.341. The van der Waals surface area contributed by atoms with Gasteiger partial charge < -0.3 is 14.6 Å². The second-order valence-electron chi connectivity index (χ2n) is 5.05. The summed E-state index contributed by atoms with van der Waals surface area (Å²) in [4.78, 5) is 26.8. The lowest BCUT2D eigenvalue weighted by molar-refractivity contribution is -0.140. The highest BCUT2D eigenvalue weighted by atomic mass is 19.1. The van der Waals surface area contributed by atoms with Gasteiger partial charge in [-0.1, -0.05) is 5.16 Å². The predicted octanol–water partition coefficient (Wildman–Crippen LogP) is 1.88. The van der Waals surface area contributed by atoms with Crippen molar-refractivity contribution in [1.29, 1.82) is 0 Å². The molecule has 2 rings (SSSR count).